The summed E-state index contributed by atoms with van der Waals surface area (Å²) in [7, 11) is 2.16. The zero-order valence-corrected chi connectivity index (χ0v) is 7.58. The Bertz CT molecular complexity index is 110. The van der Waals surface area contributed by atoms with Gasteiger partial charge in [-0.2, -0.15) is 0 Å². The van der Waals surface area contributed by atoms with Gasteiger partial charge < -0.3 is 10.0 Å². The van der Waals surface area contributed by atoms with Crippen molar-refractivity contribution in [2.75, 3.05) is 13.6 Å². The molecule has 1 unspecified atom stereocenters. The summed E-state index contributed by atoms with van der Waals surface area (Å²) in [4.78, 5) is 2.37. The number of aliphatic hydroxyl groups excluding tert-OH is 1. The summed E-state index contributed by atoms with van der Waals surface area (Å²) in [5, 5.41) is 9.05. The van der Waals surface area contributed by atoms with Crippen molar-refractivity contribution < 1.29 is 5.11 Å². The van der Waals surface area contributed by atoms with Gasteiger partial charge in [0.2, 0.25) is 0 Å². The SMILES string of the molecule is CC(O)CCN(C)C1CCC1. The number of aliphatic hydroxyl groups is 1. The molecule has 1 N–H and O–H groups in total. The van der Waals surface area contributed by atoms with Crippen LogP contribution in [0.1, 0.15) is 32.6 Å². The highest BCUT2D eigenvalue weighted by Crippen LogP contribution is 2.23. The van der Waals surface area contributed by atoms with Crippen LogP contribution in [0.5, 0.6) is 0 Å². The van der Waals surface area contributed by atoms with Crippen LogP contribution in [0.3, 0.4) is 0 Å². The second kappa shape index (κ2) is 4.07. The van der Waals surface area contributed by atoms with Gasteiger partial charge in [-0.05, 0) is 33.2 Å². The van der Waals surface area contributed by atoms with Crippen molar-refractivity contribution in [2.45, 2.75) is 44.8 Å². The summed E-state index contributed by atoms with van der Waals surface area (Å²) < 4.78 is 0. The fourth-order valence-electron chi connectivity index (χ4n) is 1.40. The van der Waals surface area contributed by atoms with Crippen LogP contribution in [0.25, 0.3) is 0 Å². The fourth-order valence-corrected chi connectivity index (χ4v) is 1.40. The highest BCUT2D eigenvalue weighted by molar-refractivity contribution is 4.77. The van der Waals surface area contributed by atoms with E-state index in [1.54, 1.807) is 0 Å². The molecule has 0 radical (unpaired) electrons. The van der Waals surface area contributed by atoms with Crippen molar-refractivity contribution >= 4 is 0 Å². The number of hydrogen-bond donors (Lipinski definition) is 1. The Hall–Kier alpha value is -0.0800. The molecule has 1 atom stereocenters. The molecule has 1 aliphatic rings. The first-order valence-electron chi connectivity index (χ1n) is 4.58. The van der Waals surface area contributed by atoms with Crippen molar-refractivity contribution in [3.05, 3.63) is 0 Å². The lowest BCUT2D eigenvalue weighted by Gasteiger charge is -2.34. The Morgan fingerprint density at radius 2 is 2.18 bits per heavy atom. The van der Waals surface area contributed by atoms with E-state index < -0.39 is 0 Å². The fraction of sp³-hybridized carbons (Fsp3) is 1.00. The lowest BCUT2D eigenvalue weighted by molar-refractivity contribution is 0.120. The quantitative estimate of drug-likeness (QED) is 0.663. The van der Waals surface area contributed by atoms with Crippen molar-refractivity contribution in [3.63, 3.8) is 0 Å². The third kappa shape index (κ3) is 2.80. The summed E-state index contributed by atoms with van der Waals surface area (Å²) in [6.07, 6.45) is 4.88. The van der Waals surface area contributed by atoms with Crippen LogP contribution in [0, 0.1) is 0 Å². The van der Waals surface area contributed by atoms with Crippen LogP contribution in [0.4, 0.5) is 0 Å². The molecule has 0 spiro atoms. The van der Waals surface area contributed by atoms with Gasteiger partial charge in [-0.25, -0.2) is 0 Å². The minimum Gasteiger partial charge on any atom is -0.393 e. The van der Waals surface area contributed by atoms with E-state index in [4.69, 9.17) is 5.11 Å². The smallest absolute Gasteiger partial charge is 0.0524 e. The van der Waals surface area contributed by atoms with E-state index in [9.17, 15) is 0 Å². The molecular formula is C9H19NO. The summed E-state index contributed by atoms with van der Waals surface area (Å²) in [5.41, 5.74) is 0. The normalized spacial score (nSPS) is 21.8. The van der Waals surface area contributed by atoms with E-state index in [0.717, 1.165) is 19.0 Å². The zero-order valence-electron chi connectivity index (χ0n) is 7.58. The molecule has 0 saturated heterocycles. The van der Waals surface area contributed by atoms with Gasteiger partial charge >= 0.3 is 0 Å². The third-order valence-electron chi connectivity index (χ3n) is 2.60. The third-order valence-corrected chi connectivity index (χ3v) is 2.60. The zero-order chi connectivity index (χ0) is 8.27. The maximum atomic E-state index is 9.05. The Labute approximate surface area is 69.2 Å². The van der Waals surface area contributed by atoms with Crippen LogP contribution < -0.4 is 0 Å². The van der Waals surface area contributed by atoms with Gasteiger partial charge in [-0.15, -0.1) is 0 Å². The minimum absolute atomic E-state index is 0.141. The van der Waals surface area contributed by atoms with Crippen LogP contribution in [0.15, 0.2) is 0 Å². The lowest BCUT2D eigenvalue weighted by atomic mass is 9.92. The molecule has 11 heavy (non-hydrogen) atoms. The minimum atomic E-state index is -0.141. The average Bonchev–Trinajstić information content (AvgIpc) is 1.79. The summed E-state index contributed by atoms with van der Waals surface area (Å²) in [6, 6.07) is 0.814. The van der Waals surface area contributed by atoms with Gasteiger partial charge in [0, 0.05) is 12.6 Å². The maximum absolute atomic E-state index is 9.05. The summed E-state index contributed by atoms with van der Waals surface area (Å²) in [5.74, 6) is 0. The molecule has 0 amide bonds. The molecule has 0 aromatic carbocycles. The number of hydrogen-bond acceptors (Lipinski definition) is 2. The van der Waals surface area contributed by atoms with Crippen molar-refractivity contribution in [2.24, 2.45) is 0 Å². The molecule has 2 heteroatoms. The van der Waals surface area contributed by atoms with E-state index in [2.05, 4.69) is 11.9 Å². The highest BCUT2D eigenvalue weighted by Gasteiger charge is 2.21. The van der Waals surface area contributed by atoms with Crippen LogP contribution in [-0.4, -0.2) is 35.7 Å². The molecule has 0 aromatic rings. The molecule has 0 aliphatic heterocycles. The molecule has 2 nitrogen and oxygen atoms in total. The van der Waals surface area contributed by atoms with Crippen molar-refractivity contribution in [3.8, 4) is 0 Å². The topological polar surface area (TPSA) is 23.5 Å². The van der Waals surface area contributed by atoms with Crippen LogP contribution >= 0.6 is 0 Å². The largest absolute Gasteiger partial charge is 0.393 e. The first-order valence-corrected chi connectivity index (χ1v) is 4.58. The highest BCUT2D eigenvalue weighted by atomic mass is 16.3. The second-order valence-electron chi connectivity index (χ2n) is 3.70. The Kier molecular flexibility index (Phi) is 3.34. The second-order valence-corrected chi connectivity index (χ2v) is 3.70. The molecule has 0 aromatic heterocycles. The average molecular weight is 157 g/mol. The van der Waals surface area contributed by atoms with E-state index in [1.807, 2.05) is 6.92 Å². The Balaban J connectivity index is 2.05. The van der Waals surface area contributed by atoms with Gasteiger partial charge in [0.15, 0.2) is 0 Å². The van der Waals surface area contributed by atoms with Gasteiger partial charge in [0.05, 0.1) is 6.10 Å². The first-order chi connectivity index (χ1) is 5.20. The molecule has 1 rings (SSSR count). The first kappa shape index (κ1) is 9.01. The monoisotopic (exact) mass is 157 g/mol. The van der Waals surface area contributed by atoms with Gasteiger partial charge in [0.1, 0.15) is 0 Å². The van der Waals surface area contributed by atoms with Gasteiger partial charge in [-0.1, -0.05) is 6.42 Å². The predicted octanol–water partition coefficient (Wildman–Crippen LogP) is 1.24. The number of nitrogens with zero attached hydrogens (tertiary/aromatic N) is 1. The molecule has 1 saturated carbocycles. The molecule has 0 heterocycles. The van der Waals surface area contributed by atoms with Crippen LogP contribution in [-0.2, 0) is 0 Å². The van der Waals surface area contributed by atoms with Gasteiger partial charge in [0.25, 0.3) is 0 Å². The van der Waals surface area contributed by atoms with E-state index in [-0.39, 0.29) is 6.10 Å². The van der Waals surface area contributed by atoms with Crippen molar-refractivity contribution in [1.82, 2.24) is 4.90 Å². The van der Waals surface area contributed by atoms with E-state index >= 15 is 0 Å². The number of rotatable bonds is 4. The molecule has 0 bridgehead atoms. The summed E-state index contributed by atoms with van der Waals surface area (Å²) >= 11 is 0. The maximum Gasteiger partial charge on any atom is 0.0524 e. The van der Waals surface area contributed by atoms with Crippen LogP contribution in [0.2, 0.25) is 0 Å². The molecule has 1 aliphatic carbocycles. The standard InChI is InChI=1S/C9H19NO/c1-8(11)6-7-10(2)9-4-3-5-9/h8-9,11H,3-7H2,1-2H3. The lowest BCUT2D eigenvalue weighted by Crippen LogP contribution is -2.38. The summed E-state index contributed by atoms with van der Waals surface area (Å²) in [6.45, 7) is 2.90. The predicted molar refractivity (Wildman–Crippen MR) is 46.6 cm³/mol. The molecule has 1 fully saturated rings. The van der Waals surface area contributed by atoms with Gasteiger partial charge in [-0.3, -0.25) is 0 Å². The Morgan fingerprint density at radius 1 is 1.55 bits per heavy atom. The van der Waals surface area contributed by atoms with E-state index in [1.165, 1.54) is 19.3 Å². The Morgan fingerprint density at radius 3 is 2.55 bits per heavy atom. The molecule has 66 valence electrons. The molecular weight excluding hydrogens is 138 g/mol. The van der Waals surface area contributed by atoms with E-state index in [0.29, 0.717) is 0 Å². The van der Waals surface area contributed by atoms with Crippen molar-refractivity contribution in [1.29, 1.82) is 0 Å².